The van der Waals surface area contributed by atoms with Crippen LogP contribution >= 0.6 is 0 Å². The number of hydrogen-bond acceptors (Lipinski definition) is 4. The maximum Gasteiger partial charge on any atom is 0.240 e. The summed E-state index contributed by atoms with van der Waals surface area (Å²) in [5, 5.41) is 0. The van der Waals surface area contributed by atoms with Crippen molar-refractivity contribution in [2.45, 2.75) is 11.8 Å². The Hall–Kier alpha value is -1.27. The number of hydrogen-bond donors (Lipinski definition) is 2. The quantitative estimate of drug-likeness (QED) is 0.741. The highest BCUT2D eigenvalue weighted by atomic mass is 32.2. The minimum atomic E-state index is -3.45. The molecule has 0 heterocycles. The minimum Gasteiger partial charge on any atom is -0.494 e. The number of nitrogens with two attached hydrogens (primary N) is 1. The molecule has 84 valence electrons. The van der Waals surface area contributed by atoms with Crippen LogP contribution in [0.1, 0.15) is 5.56 Å². The Kier molecular flexibility index (Phi) is 3.21. The maximum atomic E-state index is 11.5. The lowest BCUT2D eigenvalue weighted by atomic mass is 10.2. The number of ether oxygens (including phenoxy) is 1. The first kappa shape index (κ1) is 11.8. The maximum absolute atomic E-state index is 11.5. The average molecular weight is 230 g/mol. The topological polar surface area (TPSA) is 81.4 Å². The number of nitrogen functional groups attached to an aromatic ring is 1. The summed E-state index contributed by atoms with van der Waals surface area (Å²) in [5.41, 5.74) is 6.66. The molecule has 15 heavy (non-hydrogen) atoms. The van der Waals surface area contributed by atoms with E-state index in [-0.39, 0.29) is 4.90 Å². The number of methoxy groups -OCH3 is 1. The zero-order valence-electron chi connectivity index (χ0n) is 8.87. The summed E-state index contributed by atoms with van der Waals surface area (Å²) in [6, 6.07) is 2.89. The Labute approximate surface area is 89.3 Å². The Morgan fingerprint density at radius 1 is 1.40 bits per heavy atom. The molecular formula is C9H14N2O3S. The molecule has 0 amide bonds. The zero-order chi connectivity index (χ0) is 11.6. The van der Waals surface area contributed by atoms with E-state index in [9.17, 15) is 8.42 Å². The number of rotatable bonds is 3. The van der Waals surface area contributed by atoms with Crippen LogP contribution in [0.25, 0.3) is 0 Å². The molecule has 1 rings (SSSR count). The van der Waals surface area contributed by atoms with Gasteiger partial charge < -0.3 is 10.5 Å². The van der Waals surface area contributed by atoms with Crippen LogP contribution in [0.2, 0.25) is 0 Å². The third kappa shape index (κ3) is 2.21. The molecule has 0 aliphatic carbocycles. The lowest BCUT2D eigenvalue weighted by molar-refractivity contribution is 0.413. The molecule has 0 aromatic heterocycles. The van der Waals surface area contributed by atoms with E-state index in [2.05, 4.69) is 4.72 Å². The second kappa shape index (κ2) is 4.08. The van der Waals surface area contributed by atoms with Gasteiger partial charge in [0.05, 0.1) is 17.7 Å². The molecule has 0 radical (unpaired) electrons. The zero-order valence-corrected chi connectivity index (χ0v) is 9.68. The van der Waals surface area contributed by atoms with Crippen LogP contribution in [0.15, 0.2) is 17.0 Å². The van der Waals surface area contributed by atoms with Crippen molar-refractivity contribution >= 4 is 15.7 Å². The molecule has 0 spiro atoms. The van der Waals surface area contributed by atoms with Crippen molar-refractivity contribution in [1.82, 2.24) is 4.72 Å². The highest BCUT2D eigenvalue weighted by molar-refractivity contribution is 7.89. The van der Waals surface area contributed by atoms with Gasteiger partial charge in [0.25, 0.3) is 0 Å². The van der Waals surface area contributed by atoms with Gasteiger partial charge in [0, 0.05) is 0 Å². The number of sulfonamides is 1. The van der Waals surface area contributed by atoms with Crippen molar-refractivity contribution in [1.29, 1.82) is 0 Å². The van der Waals surface area contributed by atoms with Gasteiger partial charge in [-0.15, -0.1) is 0 Å². The minimum absolute atomic E-state index is 0.140. The van der Waals surface area contributed by atoms with Crippen molar-refractivity contribution in [3.8, 4) is 5.75 Å². The van der Waals surface area contributed by atoms with Crippen LogP contribution in [0.4, 0.5) is 5.69 Å². The van der Waals surface area contributed by atoms with E-state index in [4.69, 9.17) is 10.5 Å². The molecule has 1 aromatic rings. The highest BCUT2D eigenvalue weighted by Gasteiger charge is 2.15. The van der Waals surface area contributed by atoms with Crippen molar-refractivity contribution < 1.29 is 13.2 Å². The average Bonchev–Trinajstić information content (AvgIpc) is 2.17. The monoisotopic (exact) mass is 230 g/mol. The molecule has 6 heteroatoms. The van der Waals surface area contributed by atoms with E-state index in [1.54, 1.807) is 6.92 Å². The van der Waals surface area contributed by atoms with Gasteiger partial charge in [-0.2, -0.15) is 0 Å². The number of benzene rings is 1. The number of nitrogens with one attached hydrogen (secondary N) is 1. The first-order chi connectivity index (χ1) is 6.92. The van der Waals surface area contributed by atoms with Gasteiger partial charge in [-0.05, 0) is 31.7 Å². The molecule has 0 bridgehead atoms. The van der Waals surface area contributed by atoms with E-state index in [0.717, 1.165) is 0 Å². The molecule has 5 nitrogen and oxygen atoms in total. The first-order valence-electron chi connectivity index (χ1n) is 4.30. The fraction of sp³-hybridized carbons (Fsp3) is 0.333. The van der Waals surface area contributed by atoms with Gasteiger partial charge in [-0.1, -0.05) is 0 Å². The van der Waals surface area contributed by atoms with Crippen molar-refractivity contribution in [2.24, 2.45) is 0 Å². The summed E-state index contributed by atoms with van der Waals surface area (Å²) in [6.45, 7) is 1.74. The predicted octanol–water partition coefficient (Wildman–Crippen LogP) is 0.494. The number of anilines is 1. The van der Waals surface area contributed by atoms with Crippen molar-refractivity contribution in [2.75, 3.05) is 19.9 Å². The number of aryl methyl sites for hydroxylation is 1. The molecule has 0 unspecified atom stereocenters. The summed E-state index contributed by atoms with van der Waals surface area (Å²) in [5.74, 6) is 0.505. The first-order valence-corrected chi connectivity index (χ1v) is 5.78. The molecular weight excluding hydrogens is 216 g/mol. The molecule has 0 saturated heterocycles. The summed E-state index contributed by atoms with van der Waals surface area (Å²) in [7, 11) is -0.610. The van der Waals surface area contributed by atoms with Gasteiger partial charge in [0.2, 0.25) is 10.0 Å². The lowest BCUT2D eigenvalue weighted by Crippen LogP contribution is -2.19. The van der Waals surface area contributed by atoms with Gasteiger partial charge in [0.15, 0.2) is 0 Å². The van der Waals surface area contributed by atoms with Crippen LogP contribution in [0.5, 0.6) is 5.75 Å². The second-order valence-electron chi connectivity index (χ2n) is 3.07. The summed E-state index contributed by atoms with van der Waals surface area (Å²) < 4.78 is 30.3. The molecule has 0 aliphatic heterocycles. The van der Waals surface area contributed by atoms with Crippen LogP contribution < -0.4 is 15.2 Å². The Bertz CT molecular complexity index is 445. The molecule has 0 saturated carbocycles. The largest absolute Gasteiger partial charge is 0.494 e. The summed E-state index contributed by atoms with van der Waals surface area (Å²) in [6.07, 6.45) is 0. The van der Waals surface area contributed by atoms with E-state index in [1.807, 2.05) is 0 Å². The van der Waals surface area contributed by atoms with E-state index < -0.39 is 10.0 Å². The Morgan fingerprint density at radius 3 is 2.40 bits per heavy atom. The molecule has 0 atom stereocenters. The summed E-state index contributed by atoms with van der Waals surface area (Å²) in [4.78, 5) is 0.140. The standard InChI is InChI=1S/C9H14N2O3S/c1-6-4-7(15(12,13)11-2)5-8(10)9(6)14-3/h4-5,11H,10H2,1-3H3. The van der Waals surface area contributed by atoms with Crippen molar-refractivity contribution in [3.05, 3.63) is 17.7 Å². The van der Waals surface area contributed by atoms with Crippen LogP contribution in [0.3, 0.4) is 0 Å². The third-order valence-electron chi connectivity index (χ3n) is 2.06. The van der Waals surface area contributed by atoms with Gasteiger partial charge in [0.1, 0.15) is 5.75 Å². The fourth-order valence-electron chi connectivity index (χ4n) is 1.32. The SMILES string of the molecule is CNS(=O)(=O)c1cc(C)c(OC)c(N)c1. The van der Waals surface area contributed by atoms with Crippen LogP contribution in [-0.4, -0.2) is 22.6 Å². The van der Waals surface area contributed by atoms with Crippen LogP contribution in [-0.2, 0) is 10.0 Å². The highest BCUT2D eigenvalue weighted by Crippen LogP contribution is 2.28. The van der Waals surface area contributed by atoms with Crippen LogP contribution in [0, 0.1) is 6.92 Å². The lowest BCUT2D eigenvalue weighted by Gasteiger charge is -2.10. The van der Waals surface area contributed by atoms with E-state index >= 15 is 0 Å². The molecule has 0 fully saturated rings. The Morgan fingerprint density at radius 2 is 2.00 bits per heavy atom. The molecule has 0 aliphatic rings. The fourth-order valence-corrected chi connectivity index (χ4v) is 2.17. The van der Waals surface area contributed by atoms with Crippen molar-refractivity contribution in [3.63, 3.8) is 0 Å². The van der Waals surface area contributed by atoms with Gasteiger partial charge in [-0.25, -0.2) is 13.1 Å². The van der Waals surface area contributed by atoms with Gasteiger partial charge in [-0.3, -0.25) is 0 Å². The van der Waals surface area contributed by atoms with E-state index in [1.165, 1.54) is 26.3 Å². The normalized spacial score (nSPS) is 11.4. The molecule has 3 N–H and O–H groups in total. The van der Waals surface area contributed by atoms with E-state index in [0.29, 0.717) is 17.0 Å². The third-order valence-corrected chi connectivity index (χ3v) is 3.45. The summed E-state index contributed by atoms with van der Waals surface area (Å²) >= 11 is 0. The smallest absolute Gasteiger partial charge is 0.240 e. The molecule has 1 aromatic carbocycles. The van der Waals surface area contributed by atoms with Gasteiger partial charge >= 0.3 is 0 Å². The second-order valence-corrected chi connectivity index (χ2v) is 4.96. The predicted molar refractivity (Wildman–Crippen MR) is 58.4 cm³/mol. The Balaban J connectivity index is 3.39.